The van der Waals surface area contributed by atoms with Crippen molar-refractivity contribution in [3.8, 4) is 11.5 Å². The molecule has 0 aromatic heterocycles. The summed E-state index contributed by atoms with van der Waals surface area (Å²) >= 11 is 1.37. The molecule has 2 fully saturated rings. The van der Waals surface area contributed by atoms with E-state index in [1.54, 1.807) is 30.5 Å². The van der Waals surface area contributed by atoms with Crippen LogP contribution in [0, 0.1) is 0 Å². The van der Waals surface area contributed by atoms with Crippen LogP contribution >= 0.6 is 11.8 Å². The van der Waals surface area contributed by atoms with Gasteiger partial charge in [-0.25, -0.2) is 14.4 Å². The van der Waals surface area contributed by atoms with Crippen molar-refractivity contribution in [2.24, 2.45) is 0 Å². The van der Waals surface area contributed by atoms with Gasteiger partial charge in [-0.05, 0) is 72.7 Å². The molecule has 2 aromatic rings. The Bertz CT molecular complexity index is 2000. The molecule has 7 atom stereocenters. The van der Waals surface area contributed by atoms with E-state index in [1.807, 2.05) is 0 Å². The number of carbonyl (C=O) groups excluding carboxylic acids is 6. The van der Waals surface area contributed by atoms with Gasteiger partial charge in [-0.2, -0.15) is 11.8 Å². The molecule has 3 heterocycles. The highest BCUT2D eigenvalue weighted by Gasteiger charge is 2.41. The molecule has 20 nitrogen and oxygen atoms in total. The second kappa shape index (κ2) is 20.3. The van der Waals surface area contributed by atoms with Crippen LogP contribution in [0.4, 0.5) is 9.59 Å². The summed E-state index contributed by atoms with van der Waals surface area (Å²) in [4.78, 5) is 93.8. The number of carboxylic acids is 1. The van der Waals surface area contributed by atoms with Gasteiger partial charge in [0.15, 0.2) is 0 Å². The number of aliphatic hydroxyl groups is 1. The van der Waals surface area contributed by atoms with Gasteiger partial charge in [0.05, 0.1) is 12.1 Å². The van der Waals surface area contributed by atoms with Crippen molar-refractivity contribution in [3.05, 3.63) is 71.1 Å². The first-order valence-electron chi connectivity index (χ1n) is 19.2. The van der Waals surface area contributed by atoms with Crippen molar-refractivity contribution >= 4 is 53.4 Å². The number of rotatable bonds is 16. The molecule has 324 valence electrons. The first kappa shape index (κ1) is 45.0. The number of amides is 8. The lowest BCUT2D eigenvalue weighted by molar-refractivity contribution is -0.139. The zero-order valence-electron chi connectivity index (χ0n) is 33.2. The summed E-state index contributed by atoms with van der Waals surface area (Å²) in [5.74, 6) is -3.49. The van der Waals surface area contributed by atoms with E-state index >= 15 is 0 Å². The number of nitrogens with one attached hydrogen (secondary N) is 6. The summed E-state index contributed by atoms with van der Waals surface area (Å²) in [5.41, 5.74) is 2.10. The SMILES string of the molecule is CSCCC(NC(=O)NC(Cc1cccc(O)c1)C(=O)O)C(=O)NC(C(=O)N/C=C1/CC(O)C(N2CCC(=O)NC2=O)O1)C(C)N(C)C(=O)C1Cc2cc(O)ccc2CN1. The smallest absolute Gasteiger partial charge is 0.327 e. The molecule has 0 radical (unpaired) electrons. The van der Waals surface area contributed by atoms with E-state index in [-0.39, 0.29) is 55.9 Å². The van der Waals surface area contributed by atoms with Gasteiger partial charge >= 0.3 is 18.0 Å². The number of ether oxygens (including phenoxy) is 1. The fourth-order valence-electron chi connectivity index (χ4n) is 7.00. The Balaban J connectivity index is 1.33. The van der Waals surface area contributed by atoms with Crippen molar-refractivity contribution in [3.63, 3.8) is 0 Å². The molecule has 8 amide bonds. The summed E-state index contributed by atoms with van der Waals surface area (Å²) in [7, 11) is 1.46. The van der Waals surface area contributed by atoms with Crippen molar-refractivity contribution < 1.29 is 58.7 Å². The molecule has 3 aliphatic heterocycles. The predicted molar refractivity (Wildman–Crippen MR) is 215 cm³/mol. The lowest BCUT2D eigenvalue weighted by atomic mass is 9.94. The Morgan fingerprint density at radius 3 is 2.43 bits per heavy atom. The number of nitrogens with zero attached hydrogens (tertiary/aromatic N) is 2. The van der Waals surface area contributed by atoms with E-state index in [1.165, 1.54) is 48.8 Å². The largest absolute Gasteiger partial charge is 0.508 e. The highest BCUT2D eigenvalue weighted by molar-refractivity contribution is 7.98. The van der Waals surface area contributed by atoms with Crippen LogP contribution in [0.1, 0.15) is 42.9 Å². The van der Waals surface area contributed by atoms with Crippen LogP contribution < -0.4 is 31.9 Å². The Labute approximate surface area is 349 Å². The number of aliphatic carboxylic acids is 1. The molecular formula is C39H50N8O12S. The van der Waals surface area contributed by atoms with Gasteiger partial charge in [0, 0.05) is 45.6 Å². The summed E-state index contributed by atoms with van der Waals surface area (Å²) in [6.07, 6.45) is 0.594. The normalized spacial score (nSPS) is 21.3. The minimum Gasteiger partial charge on any atom is -0.508 e. The standard InChI is InChI=1S/C39H50N8O12S/c1-20(46(2)35(54)28-16-23-15-25(49)8-7-22(23)18-40-28)32(34(53)41-19-26-17-30(50)36(59-26)47-11-9-31(51)44-39(47)58)45-33(52)27(10-12-60-3)42-38(57)43-29(37(55)56)14-21-5-4-6-24(48)13-21/h4-8,13,15,19-20,27-30,32,36,40,48-50H,9-12,14,16-18H2,1-3H3,(H,41,53)(H,45,52)(H,55,56)(H2,42,43,57)(H,44,51,58)/b26-19-. The minimum absolute atomic E-state index is 0.00107. The lowest BCUT2D eigenvalue weighted by Gasteiger charge is -2.36. The first-order valence-corrected chi connectivity index (χ1v) is 20.6. The third kappa shape index (κ3) is 11.6. The zero-order chi connectivity index (χ0) is 43.7. The summed E-state index contributed by atoms with van der Waals surface area (Å²) < 4.78 is 5.77. The molecule has 21 heteroatoms. The number of hydrogen-bond donors (Lipinski definition) is 10. The van der Waals surface area contributed by atoms with Crippen LogP contribution in [0.15, 0.2) is 54.4 Å². The molecule has 10 N–H and O–H groups in total. The first-order chi connectivity index (χ1) is 28.5. The third-order valence-corrected chi connectivity index (χ3v) is 11.1. The number of carbonyl (C=O) groups is 7. The molecular weight excluding hydrogens is 805 g/mol. The monoisotopic (exact) mass is 854 g/mol. The minimum atomic E-state index is -1.47. The molecule has 7 unspecified atom stereocenters. The molecule has 0 bridgehead atoms. The highest BCUT2D eigenvalue weighted by Crippen LogP contribution is 2.27. The number of aromatic hydroxyl groups is 2. The second-order valence-corrected chi connectivity index (χ2v) is 15.7. The van der Waals surface area contributed by atoms with Crippen LogP contribution in [0.5, 0.6) is 11.5 Å². The van der Waals surface area contributed by atoms with E-state index in [9.17, 15) is 54.0 Å². The van der Waals surface area contributed by atoms with E-state index < -0.39 is 84.2 Å². The average molecular weight is 855 g/mol. The molecule has 0 spiro atoms. The Morgan fingerprint density at radius 1 is 1.00 bits per heavy atom. The van der Waals surface area contributed by atoms with Gasteiger partial charge in [-0.3, -0.25) is 29.4 Å². The molecule has 2 saturated heterocycles. The average Bonchev–Trinajstić information content (AvgIpc) is 3.58. The molecule has 5 rings (SSSR count). The van der Waals surface area contributed by atoms with Gasteiger partial charge in [0.2, 0.25) is 29.9 Å². The number of aliphatic hydroxyl groups excluding tert-OH is 1. The molecule has 0 saturated carbocycles. The number of carboxylic acid groups (broad SMARTS) is 1. The number of phenols is 2. The number of imide groups is 1. The number of fused-ring (bicyclic) bond motifs is 1. The number of thioether (sulfide) groups is 1. The van der Waals surface area contributed by atoms with Crippen molar-refractivity contribution in [1.29, 1.82) is 0 Å². The predicted octanol–water partition coefficient (Wildman–Crippen LogP) is -0.433. The number of hydrogen-bond acceptors (Lipinski definition) is 13. The maximum absolute atomic E-state index is 14.0. The number of benzene rings is 2. The van der Waals surface area contributed by atoms with E-state index in [4.69, 9.17) is 4.74 Å². The Kier molecular flexibility index (Phi) is 15.2. The van der Waals surface area contributed by atoms with E-state index in [0.717, 1.165) is 22.2 Å². The summed E-state index contributed by atoms with van der Waals surface area (Å²) in [6, 6.07) is 3.07. The molecule has 60 heavy (non-hydrogen) atoms. The van der Waals surface area contributed by atoms with E-state index in [0.29, 0.717) is 17.9 Å². The molecule has 3 aliphatic rings. The fourth-order valence-corrected chi connectivity index (χ4v) is 7.47. The molecule has 0 aliphatic carbocycles. The fraction of sp³-hybridized carbons (Fsp3) is 0.462. The van der Waals surface area contributed by atoms with Crippen LogP contribution in [0.3, 0.4) is 0 Å². The van der Waals surface area contributed by atoms with Gasteiger partial charge in [-0.1, -0.05) is 18.2 Å². The van der Waals surface area contributed by atoms with Crippen molar-refractivity contribution in [2.75, 3.05) is 25.6 Å². The van der Waals surface area contributed by atoms with Crippen molar-refractivity contribution in [2.45, 2.75) is 88.1 Å². The number of likely N-dealkylation sites (N-methyl/N-ethyl adjacent to an activating group) is 1. The zero-order valence-corrected chi connectivity index (χ0v) is 34.0. The van der Waals surface area contributed by atoms with Crippen molar-refractivity contribution in [1.82, 2.24) is 41.7 Å². The van der Waals surface area contributed by atoms with Gasteiger partial charge in [-0.15, -0.1) is 0 Å². The number of phenolic OH excluding ortho intramolecular Hbond substituents is 2. The number of urea groups is 2. The van der Waals surface area contributed by atoms with Gasteiger partial charge < -0.3 is 56.6 Å². The van der Waals surface area contributed by atoms with Crippen LogP contribution in [0.25, 0.3) is 0 Å². The highest BCUT2D eigenvalue weighted by atomic mass is 32.2. The summed E-state index contributed by atoms with van der Waals surface area (Å²) in [6.45, 7) is 1.88. The van der Waals surface area contributed by atoms with Crippen LogP contribution in [0.2, 0.25) is 0 Å². The maximum Gasteiger partial charge on any atom is 0.327 e. The second-order valence-electron chi connectivity index (χ2n) is 14.7. The molecule has 2 aromatic carbocycles. The lowest BCUT2D eigenvalue weighted by Crippen LogP contribution is -2.62. The van der Waals surface area contributed by atoms with Gasteiger partial charge in [0.25, 0.3) is 0 Å². The Hall–Kier alpha value is -6.06. The third-order valence-electron chi connectivity index (χ3n) is 10.4. The quantitative estimate of drug-likeness (QED) is 0.103. The maximum atomic E-state index is 14.0. The Morgan fingerprint density at radius 2 is 1.73 bits per heavy atom. The van der Waals surface area contributed by atoms with Crippen LogP contribution in [-0.2, 0) is 48.1 Å². The van der Waals surface area contributed by atoms with E-state index in [2.05, 4.69) is 31.9 Å². The van der Waals surface area contributed by atoms with Gasteiger partial charge in [0.1, 0.15) is 41.5 Å². The topological polar surface area (TPSA) is 288 Å². The summed E-state index contributed by atoms with van der Waals surface area (Å²) in [5, 5.41) is 55.8. The van der Waals surface area contributed by atoms with Crippen LogP contribution in [-0.4, -0.2) is 140 Å².